The number of nitrogens with one attached hydrogen (secondary N) is 1. The fourth-order valence-electron chi connectivity index (χ4n) is 2.21. The number of nitrogens with zero attached hydrogens (tertiary/aromatic N) is 2. The van der Waals surface area contributed by atoms with Crippen molar-refractivity contribution in [3.05, 3.63) is 0 Å². The van der Waals surface area contributed by atoms with Gasteiger partial charge in [0.2, 0.25) is 0 Å². The van der Waals surface area contributed by atoms with Crippen LogP contribution in [-0.4, -0.2) is 88.1 Å². The molecule has 1 rings (SSSR count). The van der Waals surface area contributed by atoms with Crippen molar-refractivity contribution in [3.63, 3.8) is 0 Å². The first kappa shape index (κ1) is 17.7. The van der Waals surface area contributed by atoms with Crippen LogP contribution < -0.4 is 5.32 Å². The zero-order chi connectivity index (χ0) is 16.0. The number of carbonyl (C=O) groups is 2. The Labute approximate surface area is 124 Å². The maximum absolute atomic E-state index is 11.9. The zero-order valence-electron chi connectivity index (χ0n) is 12.6. The van der Waals surface area contributed by atoms with Gasteiger partial charge in [0.25, 0.3) is 0 Å². The highest BCUT2D eigenvalue weighted by Crippen LogP contribution is 2.08. The third-order valence-corrected chi connectivity index (χ3v) is 3.25. The van der Waals surface area contributed by atoms with E-state index in [-0.39, 0.29) is 19.0 Å². The van der Waals surface area contributed by atoms with Gasteiger partial charge in [-0.3, -0.25) is 4.90 Å². The second-order valence-corrected chi connectivity index (χ2v) is 5.95. The number of amides is 2. The highest BCUT2D eigenvalue weighted by atomic mass is 16.4. The molecule has 122 valence electrons. The van der Waals surface area contributed by atoms with Crippen LogP contribution in [0, 0.1) is 0 Å². The lowest BCUT2D eigenvalue weighted by Crippen LogP contribution is -2.54. The highest BCUT2D eigenvalue weighted by Gasteiger charge is 2.25. The molecule has 0 aliphatic carbocycles. The molecule has 8 heteroatoms. The van der Waals surface area contributed by atoms with Crippen LogP contribution in [0.1, 0.15) is 20.3 Å². The number of carboxylic acids is 1. The minimum Gasteiger partial charge on any atom is -0.479 e. The Kier molecular flexibility index (Phi) is 6.38. The molecule has 1 aliphatic heterocycles. The van der Waals surface area contributed by atoms with Crippen molar-refractivity contribution in [1.82, 2.24) is 15.1 Å². The molecule has 1 heterocycles. The largest absolute Gasteiger partial charge is 0.479 e. The van der Waals surface area contributed by atoms with E-state index in [9.17, 15) is 14.7 Å². The van der Waals surface area contributed by atoms with Crippen LogP contribution in [0.15, 0.2) is 0 Å². The van der Waals surface area contributed by atoms with Crippen LogP contribution in [-0.2, 0) is 4.79 Å². The van der Waals surface area contributed by atoms with Gasteiger partial charge in [0.1, 0.15) is 0 Å². The van der Waals surface area contributed by atoms with Crippen molar-refractivity contribution < 1.29 is 24.9 Å². The van der Waals surface area contributed by atoms with E-state index in [4.69, 9.17) is 10.2 Å². The second kappa shape index (κ2) is 7.58. The molecule has 0 saturated carbocycles. The van der Waals surface area contributed by atoms with Crippen LogP contribution in [0.2, 0.25) is 0 Å². The summed E-state index contributed by atoms with van der Waals surface area (Å²) < 4.78 is 0. The van der Waals surface area contributed by atoms with Gasteiger partial charge < -0.3 is 25.5 Å². The normalized spacial score (nSPS) is 18.4. The first-order valence-electron chi connectivity index (χ1n) is 7.07. The van der Waals surface area contributed by atoms with Crippen LogP contribution in [0.5, 0.6) is 0 Å². The Morgan fingerprint density at radius 2 is 1.81 bits per heavy atom. The maximum atomic E-state index is 11.9. The quantitative estimate of drug-likeness (QED) is 0.496. The second-order valence-electron chi connectivity index (χ2n) is 5.95. The molecule has 1 saturated heterocycles. The highest BCUT2D eigenvalue weighted by molar-refractivity contribution is 5.74. The number of carboxylic acid groups (broad SMARTS) is 1. The van der Waals surface area contributed by atoms with Crippen LogP contribution in [0.4, 0.5) is 4.79 Å². The summed E-state index contributed by atoms with van der Waals surface area (Å²) in [5.74, 6) is -1.29. The molecule has 1 aliphatic rings. The fraction of sp³-hybridized carbons (Fsp3) is 0.846. The Bertz CT molecular complexity index is 361. The fourth-order valence-corrected chi connectivity index (χ4v) is 2.21. The van der Waals surface area contributed by atoms with Crippen molar-refractivity contribution in [2.24, 2.45) is 0 Å². The third-order valence-electron chi connectivity index (χ3n) is 3.25. The van der Waals surface area contributed by atoms with Gasteiger partial charge in [0, 0.05) is 45.7 Å². The van der Waals surface area contributed by atoms with E-state index < -0.39 is 17.7 Å². The van der Waals surface area contributed by atoms with Gasteiger partial charge in [0.15, 0.2) is 6.10 Å². The molecule has 1 atom stereocenters. The predicted octanol–water partition coefficient (Wildman–Crippen LogP) is -1.08. The number of β-amino-alcohol motifs (C(OH)–C–C–N with tert-alkyl or cyclic N) is 1. The van der Waals surface area contributed by atoms with E-state index in [2.05, 4.69) is 10.2 Å². The number of hydrogen-bond acceptors (Lipinski definition) is 5. The van der Waals surface area contributed by atoms with E-state index in [0.717, 1.165) is 0 Å². The molecular weight excluding hydrogens is 278 g/mol. The van der Waals surface area contributed by atoms with E-state index in [0.29, 0.717) is 32.7 Å². The number of aliphatic carboxylic acids is 1. The summed E-state index contributed by atoms with van der Waals surface area (Å²) in [5.41, 5.74) is -0.753. The zero-order valence-corrected chi connectivity index (χ0v) is 12.6. The van der Waals surface area contributed by atoms with Crippen molar-refractivity contribution in [3.8, 4) is 0 Å². The monoisotopic (exact) mass is 303 g/mol. The summed E-state index contributed by atoms with van der Waals surface area (Å²) in [7, 11) is 0. The van der Waals surface area contributed by atoms with Gasteiger partial charge in [-0.2, -0.15) is 0 Å². The molecule has 0 spiro atoms. The number of piperazine rings is 1. The number of aliphatic hydroxyl groups is 2. The van der Waals surface area contributed by atoms with Crippen molar-refractivity contribution in [2.75, 3.05) is 39.3 Å². The van der Waals surface area contributed by atoms with E-state index in [1.807, 2.05) is 0 Å². The van der Waals surface area contributed by atoms with Gasteiger partial charge in [0.05, 0.1) is 5.60 Å². The van der Waals surface area contributed by atoms with Crippen molar-refractivity contribution in [1.29, 1.82) is 0 Å². The van der Waals surface area contributed by atoms with E-state index in [1.54, 1.807) is 18.7 Å². The van der Waals surface area contributed by atoms with Crippen LogP contribution in [0.3, 0.4) is 0 Å². The molecule has 21 heavy (non-hydrogen) atoms. The van der Waals surface area contributed by atoms with E-state index >= 15 is 0 Å². The van der Waals surface area contributed by atoms with Crippen molar-refractivity contribution >= 4 is 12.0 Å². The molecule has 0 aromatic rings. The Morgan fingerprint density at radius 1 is 1.24 bits per heavy atom. The van der Waals surface area contributed by atoms with Crippen LogP contribution in [0.25, 0.3) is 0 Å². The Balaban J connectivity index is 2.24. The van der Waals surface area contributed by atoms with Gasteiger partial charge in [-0.1, -0.05) is 0 Å². The van der Waals surface area contributed by atoms with Gasteiger partial charge in [-0.25, -0.2) is 9.59 Å². The maximum Gasteiger partial charge on any atom is 0.332 e. The molecule has 0 radical (unpaired) electrons. The smallest absolute Gasteiger partial charge is 0.332 e. The summed E-state index contributed by atoms with van der Waals surface area (Å²) >= 11 is 0. The molecule has 4 N–H and O–H groups in total. The summed E-state index contributed by atoms with van der Waals surface area (Å²) in [6.07, 6.45) is -1.46. The number of carbonyl (C=O) groups excluding carboxylic acids is 1. The lowest BCUT2D eigenvalue weighted by Gasteiger charge is -2.37. The minimum atomic E-state index is -1.45. The standard InChI is InChI=1S/C13H25N3O5/c1-13(2,21)9-15-5-7-16(8-6-15)12(20)14-4-3-10(17)11(18)19/h10,17,21H,3-9H2,1-2H3,(H,14,20)(H,18,19). The lowest BCUT2D eigenvalue weighted by molar-refractivity contribution is -0.146. The SMILES string of the molecule is CC(C)(O)CN1CCN(C(=O)NCCC(O)C(=O)O)CC1. The molecule has 0 bridgehead atoms. The minimum absolute atomic E-state index is 0.0141. The summed E-state index contributed by atoms with van der Waals surface area (Å²) in [6, 6.07) is -0.254. The number of urea groups is 1. The molecule has 0 aromatic carbocycles. The lowest BCUT2D eigenvalue weighted by atomic mass is 10.1. The predicted molar refractivity (Wildman–Crippen MR) is 76.0 cm³/mol. The van der Waals surface area contributed by atoms with Crippen LogP contribution >= 0.6 is 0 Å². The van der Waals surface area contributed by atoms with Gasteiger partial charge in [-0.15, -0.1) is 0 Å². The summed E-state index contributed by atoms with van der Waals surface area (Å²) in [5, 5.41) is 30.0. The van der Waals surface area contributed by atoms with Gasteiger partial charge >= 0.3 is 12.0 Å². The topological polar surface area (TPSA) is 113 Å². The molecular formula is C13H25N3O5. The molecule has 8 nitrogen and oxygen atoms in total. The summed E-state index contributed by atoms with van der Waals surface area (Å²) in [4.78, 5) is 26.0. The van der Waals surface area contributed by atoms with E-state index in [1.165, 1.54) is 0 Å². The molecule has 2 amide bonds. The molecule has 1 fully saturated rings. The van der Waals surface area contributed by atoms with Crippen molar-refractivity contribution in [2.45, 2.75) is 32.0 Å². The average molecular weight is 303 g/mol. The number of hydrogen-bond donors (Lipinski definition) is 4. The Hall–Kier alpha value is -1.38. The molecule has 0 aromatic heterocycles. The first-order valence-corrected chi connectivity index (χ1v) is 7.07. The van der Waals surface area contributed by atoms with Gasteiger partial charge in [-0.05, 0) is 13.8 Å². The average Bonchev–Trinajstić information content (AvgIpc) is 2.37. The summed E-state index contributed by atoms with van der Waals surface area (Å²) in [6.45, 7) is 6.68. The number of rotatable bonds is 6. The number of aliphatic hydroxyl groups excluding tert-OH is 1. The third kappa shape index (κ3) is 6.74. The molecule has 1 unspecified atom stereocenters. The Morgan fingerprint density at radius 3 is 2.29 bits per heavy atom. The first-order chi connectivity index (χ1) is 9.69.